The standard InChI is InChI=1S/C22H30F3N3O/c1-21(2,15-26)18-9-8-17(14-19(18)22(23,24)25)27-10-12-28(13-11-27)20(29)16-6-4-3-5-7-16/h8-9,14,16,18-19H,3-7,10-13H2,1-2H3. The molecule has 0 radical (unpaired) electrons. The first-order valence-electron chi connectivity index (χ1n) is 10.6. The molecule has 0 aromatic heterocycles. The molecule has 1 saturated carbocycles. The molecule has 1 saturated heterocycles. The first-order valence-corrected chi connectivity index (χ1v) is 10.6. The number of carbonyl (C=O) groups is 1. The van der Waals surface area contributed by atoms with Crippen LogP contribution in [0.15, 0.2) is 23.9 Å². The fourth-order valence-corrected chi connectivity index (χ4v) is 4.73. The Hall–Kier alpha value is -1.97. The summed E-state index contributed by atoms with van der Waals surface area (Å²) in [6.07, 6.45) is 5.42. The Morgan fingerprint density at radius 3 is 2.24 bits per heavy atom. The van der Waals surface area contributed by atoms with Crippen molar-refractivity contribution < 1.29 is 18.0 Å². The van der Waals surface area contributed by atoms with Crippen LogP contribution in [0.2, 0.25) is 0 Å². The van der Waals surface area contributed by atoms with Gasteiger partial charge in [-0.1, -0.05) is 25.3 Å². The van der Waals surface area contributed by atoms with Gasteiger partial charge in [-0.05, 0) is 38.8 Å². The normalized spacial score (nSPS) is 26.8. The number of nitriles is 1. The SMILES string of the molecule is CC(C)(C#N)C1C=CC(N2CCN(C(=O)C3CCCCC3)CC2)=CC1C(F)(F)F. The zero-order valence-corrected chi connectivity index (χ0v) is 17.2. The van der Waals surface area contributed by atoms with Crippen LogP contribution in [-0.2, 0) is 4.79 Å². The molecule has 0 N–H and O–H groups in total. The van der Waals surface area contributed by atoms with Crippen LogP contribution in [-0.4, -0.2) is 48.1 Å². The van der Waals surface area contributed by atoms with Crippen LogP contribution in [0.1, 0.15) is 46.0 Å². The molecular weight excluding hydrogens is 379 g/mol. The van der Waals surface area contributed by atoms with E-state index in [-0.39, 0.29) is 11.8 Å². The maximum Gasteiger partial charge on any atom is 0.395 e. The first-order chi connectivity index (χ1) is 13.6. The van der Waals surface area contributed by atoms with Gasteiger partial charge in [0, 0.05) is 43.7 Å². The number of allylic oxidation sites excluding steroid dienone is 3. The third kappa shape index (κ3) is 4.79. The van der Waals surface area contributed by atoms with Crippen molar-refractivity contribution in [3.8, 4) is 6.07 Å². The monoisotopic (exact) mass is 409 g/mol. The number of hydrogen-bond donors (Lipinski definition) is 0. The van der Waals surface area contributed by atoms with E-state index in [9.17, 15) is 23.2 Å². The van der Waals surface area contributed by atoms with E-state index in [1.54, 1.807) is 19.9 Å². The van der Waals surface area contributed by atoms with Gasteiger partial charge >= 0.3 is 6.18 Å². The van der Waals surface area contributed by atoms with E-state index < -0.39 is 23.4 Å². The first kappa shape index (κ1) is 21.7. The van der Waals surface area contributed by atoms with Crippen molar-refractivity contribution in [1.29, 1.82) is 5.26 Å². The predicted molar refractivity (Wildman–Crippen MR) is 104 cm³/mol. The summed E-state index contributed by atoms with van der Waals surface area (Å²) in [6, 6.07) is 2.02. The van der Waals surface area contributed by atoms with Crippen molar-refractivity contribution >= 4 is 5.91 Å². The fourth-order valence-electron chi connectivity index (χ4n) is 4.73. The molecule has 4 nitrogen and oxygen atoms in total. The minimum absolute atomic E-state index is 0.118. The quantitative estimate of drug-likeness (QED) is 0.689. The van der Waals surface area contributed by atoms with Crippen LogP contribution in [0.25, 0.3) is 0 Å². The Bertz CT molecular complexity index is 706. The largest absolute Gasteiger partial charge is 0.395 e. The average molecular weight is 409 g/mol. The fraction of sp³-hybridized carbons (Fsp3) is 0.727. The lowest BCUT2D eigenvalue weighted by molar-refractivity contribution is -0.176. The lowest BCUT2D eigenvalue weighted by Gasteiger charge is -2.41. The molecule has 2 fully saturated rings. The zero-order valence-electron chi connectivity index (χ0n) is 17.2. The topological polar surface area (TPSA) is 47.3 Å². The number of amides is 1. The van der Waals surface area contributed by atoms with E-state index >= 15 is 0 Å². The minimum Gasteiger partial charge on any atom is -0.368 e. The maximum atomic E-state index is 13.7. The highest BCUT2D eigenvalue weighted by molar-refractivity contribution is 5.79. The number of carbonyl (C=O) groups excluding carboxylic acids is 1. The van der Waals surface area contributed by atoms with Gasteiger partial charge in [0.1, 0.15) is 0 Å². The van der Waals surface area contributed by atoms with E-state index in [1.165, 1.54) is 18.6 Å². The number of hydrogen-bond acceptors (Lipinski definition) is 3. The van der Waals surface area contributed by atoms with Crippen LogP contribution in [0.3, 0.4) is 0 Å². The van der Waals surface area contributed by atoms with Gasteiger partial charge in [0.2, 0.25) is 5.91 Å². The van der Waals surface area contributed by atoms with Crippen molar-refractivity contribution in [2.45, 2.75) is 52.1 Å². The molecule has 2 unspecified atom stereocenters. The van der Waals surface area contributed by atoms with Gasteiger partial charge in [-0.3, -0.25) is 4.79 Å². The van der Waals surface area contributed by atoms with Gasteiger partial charge in [0.05, 0.1) is 17.4 Å². The smallest absolute Gasteiger partial charge is 0.368 e. The number of piperazine rings is 1. The van der Waals surface area contributed by atoms with Gasteiger partial charge < -0.3 is 9.80 Å². The summed E-state index contributed by atoms with van der Waals surface area (Å²) < 4.78 is 41.1. The van der Waals surface area contributed by atoms with E-state index in [0.29, 0.717) is 31.9 Å². The Labute approximate surface area is 171 Å². The Balaban J connectivity index is 1.66. The third-order valence-electron chi connectivity index (χ3n) is 6.62. The van der Waals surface area contributed by atoms with E-state index in [4.69, 9.17) is 0 Å². The lowest BCUT2D eigenvalue weighted by atomic mass is 9.70. The molecule has 0 aromatic rings. The van der Waals surface area contributed by atoms with Crippen LogP contribution >= 0.6 is 0 Å². The summed E-state index contributed by atoms with van der Waals surface area (Å²) in [5.41, 5.74) is -0.564. The number of halogens is 3. The Morgan fingerprint density at radius 1 is 1.07 bits per heavy atom. The van der Waals surface area contributed by atoms with Gasteiger partial charge in [0.25, 0.3) is 0 Å². The number of nitrogens with zero attached hydrogens (tertiary/aromatic N) is 3. The van der Waals surface area contributed by atoms with E-state index in [1.807, 2.05) is 15.9 Å². The molecular formula is C22H30F3N3O. The highest BCUT2D eigenvalue weighted by Gasteiger charge is 2.49. The second kappa shape index (κ2) is 8.41. The van der Waals surface area contributed by atoms with E-state index in [0.717, 1.165) is 25.7 Å². The van der Waals surface area contributed by atoms with Gasteiger partial charge in [-0.15, -0.1) is 0 Å². The average Bonchev–Trinajstić information content (AvgIpc) is 2.73. The Morgan fingerprint density at radius 2 is 1.69 bits per heavy atom. The zero-order chi connectivity index (χ0) is 21.2. The van der Waals surface area contributed by atoms with Crippen molar-refractivity contribution in [2.24, 2.45) is 23.2 Å². The lowest BCUT2D eigenvalue weighted by Crippen LogP contribution is -2.50. The molecule has 3 rings (SSSR count). The highest BCUT2D eigenvalue weighted by Crippen LogP contribution is 2.45. The number of alkyl halides is 3. The summed E-state index contributed by atoms with van der Waals surface area (Å²) in [5, 5.41) is 9.31. The number of rotatable bonds is 3. The van der Waals surface area contributed by atoms with Gasteiger partial charge in [-0.25, -0.2) is 0 Å². The highest BCUT2D eigenvalue weighted by atomic mass is 19.4. The molecule has 2 atom stereocenters. The summed E-state index contributed by atoms with van der Waals surface area (Å²) in [5.74, 6) is -2.27. The van der Waals surface area contributed by atoms with Crippen LogP contribution < -0.4 is 0 Å². The van der Waals surface area contributed by atoms with Gasteiger partial charge in [-0.2, -0.15) is 18.4 Å². The van der Waals surface area contributed by atoms with Gasteiger partial charge in [0.15, 0.2) is 0 Å². The molecule has 29 heavy (non-hydrogen) atoms. The molecule has 0 spiro atoms. The van der Waals surface area contributed by atoms with Crippen LogP contribution in [0.5, 0.6) is 0 Å². The Kier molecular flexibility index (Phi) is 6.30. The molecule has 7 heteroatoms. The molecule has 160 valence electrons. The molecule has 0 aromatic carbocycles. The second-order valence-electron chi connectivity index (χ2n) is 9.02. The maximum absolute atomic E-state index is 13.7. The molecule has 1 aliphatic heterocycles. The van der Waals surface area contributed by atoms with Crippen molar-refractivity contribution in [3.05, 3.63) is 23.9 Å². The second-order valence-corrected chi connectivity index (χ2v) is 9.02. The van der Waals surface area contributed by atoms with Crippen molar-refractivity contribution in [1.82, 2.24) is 9.80 Å². The van der Waals surface area contributed by atoms with Crippen molar-refractivity contribution in [3.63, 3.8) is 0 Å². The summed E-state index contributed by atoms with van der Waals surface area (Å²) >= 11 is 0. The molecule has 2 aliphatic carbocycles. The molecule has 1 amide bonds. The van der Waals surface area contributed by atoms with Crippen LogP contribution in [0, 0.1) is 34.5 Å². The molecule has 1 heterocycles. The minimum atomic E-state index is -4.41. The summed E-state index contributed by atoms with van der Waals surface area (Å²) in [6.45, 7) is 5.26. The third-order valence-corrected chi connectivity index (χ3v) is 6.62. The summed E-state index contributed by atoms with van der Waals surface area (Å²) in [4.78, 5) is 16.5. The molecule has 3 aliphatic rings. The van der Waals surface area contributed by atoms with Crippen molar-refractivity contribution in [2.75, 3.05) is 26.2 Å². The predicted octanol–water partition coefficient (Wildman–Crippen LogP) is 4.51. The molecule has 0 bridgehead atoms. The summed E-state index contributed by atoms with van der Waals surface area (Å²) in [7, 11) is 0. The van der Waals surface area contributed by atoms with Crippen LogP contribution in [0.4, 0.5) is 13.2 Å². The van der Waals surface area contributed by atoms with E-state index in [2.05, 4.69) is 0 Å².